The number of halogens is 1. The monoisotopic (exact) mass is 229 g/mol. The van der Waals surface area contributed by atoms with Crippen molar-refractivity contribution < 1.29 is 0 Å². The van der Waals surface area contributed by atoms with Crippen molar-refractivity contribution in [2.75, 3.05) is 6.54 Å². The third-order valence-corrected chi connectivity index (χ3v) is 2.13. The summed E-state index contributed by atoms with van der Waals surface area (Å²) in [6.45, 7) is 0.608. The first-order valence-corrected chi connectivity index (χ1v) is 4.60. The molecule has 0 amide bonds. The summed E-state index contributed by atoms with van der Waals surface area (Å²) in [6, 6.07) is 3.85. The zero-order valence-corrected chi connectivity index (χ0v) is 8.29. The van der Waals surface area contributed by atoms with Crippen molar-refractivity contribution in [1.29, 1.82) is 0 Å². The largest absolute Gasteiger partial charge is 0.330 e. The molecule has 0 aliphatic carbocycles. The predicted octanol–water partition coefficient (Wildman–Crippen LogP) is 1.19. The lowest BCUT2D eigenvalue weighted by molar-refractivity contribution is 0.658. The van der Waals surface area contributed by atoms with E-state index < -0.39 is 0 Å². The van der Waals surface area contributed by atoms with Crippen molar-refractivity contribution in [2.45, 2.75) is 12.5 Å². The van der Waals surface area contributed by atoms with Gasteiger partial charge in [0.15, 0.2) is 0 Å². The van der Waals surface area contributed by atoms with E-state index in [1.165, 1.54) is 0 Å². The van der Waals surface area contributed by atoms with E-state index >= 15 is 0 Å². The Morgan fingerprint density at radius 3 is 2.75 bits per heavy atom. The molecule has 0 aliphatic heterocycles. The third kappa shape index (κ3) is 2.55. The fourth-order valence-electron chi connectivity index (χ4n) is 0.953. The maximum absolute atomic E-state index is 5.82. The number of nitrogens with two attached hydrogens (primary N) is 2. The van der Waals surface area contributed by atoms with E-state index in [9.17, 15) is 0 Å². The van der Waals surface area contributed by atoms with Crippen LogP contribution in [0.1, 0.15) is 18.0 Å². The molecule has 1 heterocycles. The summed E-state index contributed by atoms with van der Waals surface area (Å²) in [7, 11) is 0. The normalized spacial score (nSPS) is 12.9. The predicted molar refractivity (Wildman–Crippen MR) is 52.5 cm³/mol. The first-order chi connectivity index (χ1) is 5.74. The summed E-state index contributed by atoms with van der Waals surface area (Å²) in [6.07, 6.45) is 2.56. The van der Waals surface area contributed by atoms with E-state index in [-0.39, 0.29) is 6.04 Å². The summed E-state index contributed by atoms with van der Waals surface area (Å²) < 4.78 is 0.825. The number of aromatic nitrogens is 1. The van der Waals surface area contributed by atoms with Crippen molar-refractivity contribution in [3.63, 3.8) is 0 Å². The lowest BCUT2D eigenvalue weighted by atomic mass is 10.1. The molecule has 3 nitrogen and oxygen atoms in total. The lowest BCUT2D eigenvalue weighted by Gasteiger charge is -2.09. The van der Waals surface area contributed by atoms with Crippen LogP contribution in [0.3, 0.4) is 0 Å². The molecule has 0 aromatic carbocycles. The molecule has 0 radical (unpaired) electrons. The SMILES string of the molecule is NCC[C@H](N)c1ccc(Br)nc1. The van der Waals surface area contributed by atoms with Gasteiger partial charge in [-0.25, -0.2) is 4.98 Å². The molecule has 0 fully saturated rings. The molecule has 0 aliphatic rings. The molecule has 1 aromatic heterocycles. The van der Waals surface area contributed by atoms with Gasteiger partial charge in [-0.2, -0.15) is 0 Å². The Morgan fingerprint density at radius 1 is 1.50 bits per heavy atom. The summed E-state index contributed by atoms with van der Waals surface area (Å²) in [4.78, 5) is 4.08. The molecule has 4 N–H and O–H groups in total. The van der Waals surface area contributed by atoms with Crippen LogP contribution < -0.4 is 11.5 Å². The molecule has 1 atom stereocenters. The second-order valence-electron chi connectivity index (χ2n) is 2.60. The second kappa shape index (κ2) is 4.54. The minimum Gasteiger partial charge on any atom is -0.330 e. The van der Waals surface area contributed by atoms with Gasteiger partial charge in [-0.3, -0.25) is 0 Å². The van der Waals surface area contributed by atoms with Gasteiger partial charge >= 0.3 is 0 Å². The van der Waals surface area contributed by atoms with Gasteiger partial charge in [0, 0.05) is 12.2 Å². The molecular weight excluding hydrogens is 218 g/mol. The zero-order chi connectivity index (χ0) is 8.97. The standard InChI is InChI=1S/C8H12BrN3/c9-8-2-1-6(5-12-8)7(11)3-4-10/h1-2,5,7H,3-4,10-11H2/t7-/m0/s1. The molecule has 0 spiro atoms. The molecule has 0 unspecified atom stereocenters. The highest BCUT2D eigenvalue weighted by Gasteiger charge is 2.03. The number of pyridine rings is 1. The van der Waals surface area contributed by atoms with Crippen LogP contribution in [0.5, 0.6) is 0 Å². The van der Waals surface area contributed by atoms with Crippen molar-refractivity contribution in [3.8, 4) is 0 Å². The van der Waals surface area contributed by atoms with Gasteiger partial charge in [-0.15, -0.1) is 0 Å². The number of hydrogen-bond acceptors (Lipinski definition) is 3. The second-order valence-corrected chi connectivity index (χ2v) is 3.41. The number of nitrogens with zero attached hydrogens (tertiary/aromatic N) is 1. The van der Waals surface area contributed by atoms with Gasteiger partial charge < -0.3 is 11.5 Å². The molecule has 66 valence electrons. The average molecular weight is 230 g/mol. The Hall–Kier alpha value is -0.450. The summed E-state index contributed by atoms with van der Waals surface area (Å²) in [5, 5.41) is 0. The maximum atomic E-state index is 5.82. The quantitative estimate of drug-likeness (QED) is 0.766. The molecule has 12 heavy (non-hydrogen) atoms. The topological polar surface area (TPSA) is 64.9 Å². The Balaban J connectivity index is 2.68. The highest BCUT2D eigenvalue weighted by Crippen LogP contribution is 2.14. The van der Waals surface area contributed by atoms with Crippen LogP contribution >= 0.6 is 15.9 Å². The number of hydrogen-bond donors (Lipinski definition) is 2. The molecule has 0 bridgehead atoms. The average Bonchev–Trinajstić information content (AvgIpc) is 2.06. The smallest absolute Gasteiger partial charge is 0.106 e. The highest BCUT2D eigenvalue weighted by molar-refractivity contribution is 9.10. The van der Waals surface area contributed by atoms with Crippen LogP contribution in [0.15, 0.2) is 22.9 Å². The van der Waals surface area contributed by atoms with Crippen molar-refractivity contribution in [3.05, 3.63) is 28.5 Å². The molecule has 1 aromatic rings. The van der Waals surface area contributed by atoms with E-state index in [2.05, 4.69) is 20.9 Å². The molecule has 1 rings (SSSR count). The van der Waals surface area contributed by atoms with Crippen LogP contribution in [-0.4, -0.2) is 11.5 Å². The summed E-state index contributed by atoms with van der Waals surface area (Å²) in [5.41, 5.74) is 12.2. The Bertz CT molecular complexity index is 235. The van der Waals surface area contributed by atoms with E-state index in [4.69, 9.17) is 11.5 Å². The minimum absolute atomic E-state index is 0.00981. The van der Waals surface area contributed by atoms with Crippen molar-refractivity contribution >= 4 is 15.9 Å². The van der Waals surface area contributed by atoms with E-state index in [0.29, 0.717) is 6.54 Å². The van der Waals surface area contributed by atoms with Gasteiger partial charge in [-0.1, -0.05) is 6.07 Å². The van der Waals surface area contributed by atoms with Crippen LogP contribution in [0.2, 0.25) is 0 Å². The van der Waals surface area contributed by atoms with Crippen LogP contribution in [-0.2, 0) is 0 Å². The first-order valence-electron chi connectivity index (χ1n) is 3.81. The molecule has 0 saturated carbocycles. The van der Waals surface area contributed by atoms with E-state index in [0.717, 1.165) is 16.6 Å². The zero-order valence-electron chi connectivity index (χ0n) is 6.70. The Labute approximate surface area is 80.3 Å². The molecule has 0 saturated heterocycles. The van der Waals surface area contributed by atoms with Gasteiger partial charge in [0.05, 0.1) is 0 Å². The molecular formula is C8H12BrN3. The number of rotatable bonds is 3. The fourth-order valence-corrected chi connectivity index (χ4v) is 1.19. The third-order valence-electron chi connectivity index (χ3n) is 1.66. The van der Waals surface area contributed by atoms with E-state index in [1.807, 2.05) is 12.1 Å². The maximum Gasteiger partial charge on any atom is 0.106 e. The summed E-state index contributed by atoms with van der Waals surface area (Å²) >= 11 is 3.26. The van der Waals surface area contributed by atoms with Crippen molar-refractivity contribution in [2.24, 2.45) is 11.5 Å². The van der Waals surface area contributed by atoms with Gasteiger partial charge in [0.25, 0.3) is 0 Å². The summed E-state index contributed by atoms with van der Waals surface area (Å²) in [5.74, 6) is 0. The minimum atomic E-state index is 0.00981. The highest BCUT2D eigenvalue weighted by atomic mass is 79.9. The van der Waals surface area contributed by atoms with Gasteiger partial charge in [0.1, 0.15) is 4.60 Å². The van der Waals surface area contributed by atoms with Gasteiger partial charge in [-0.05, 0) is 40.5 Å². The molecule has 4 heteroatoms. The van der Waals surface area contributed by atoms with Crippen LogP contribution in [0.25, 0.3) is 0 Å². The van der Waals surface area contributed by atoms with Crippen LogP contribution in [0.4, 0.5) is 0 Å². The van der Waals surface area contributed by atoms with E-state index in [1.54, 1.807) is 6.20 Å². The van der Waals surface area contributed by atoms with Gasteiger partial charge in [0.2, 0.25) is 0 Å². The first kappa shape index (κ1) is 9.64. The van der Waals surface area contributed by atoms with Crippen LogP contribution in [0, 0.1) is 0 Å². The lowest BCUT2D eigenvalue weighted by Crippen LogP contribution is -2.15. The fraction of sp³-hybridized carbons (Fsp3) is 0.375. The Kier molecular flexibility index (Phi) is 3.65. The van der Waals surface area contributed by atoms with Crippen molar-refractivity contribution in [1.82, 2.24) is 4.98 Å². The Morgan fingerprint density at radius 2 is 2.25 bits per heavy atom.